The Hall–Kier alpha value is -0.870. The Morgan fingerprint density at radius 3 is 2.80 bits per heavy atom. The summed E-state index contributed by atoms with van der Waals surface area (Å²) in [7, 11) is 2.02. The topological polar surface area (TPSA) is 33.1 Å². The molecule has 0 aromatic carbocycles. The predicted octanol–water partition coefficient (Wildman–Crippen LogP) is 0.429. The molecule has 0 aliphatic carbocycles. The Kier molecular flexibility index (Phi) is 3.38. The van der Waals surface area contributed by atoms with Gasteiger partial charge < -0.3 is 10.2 Å². The highest BCUT2D eigenvalue weighted by Crippen LogP contribution is 2.15. The number of rotatable bonds is 3. The van der Waals surface area contributed by atoms with Gasteiger partial charge in [0.05, 0.1) is 0 Å². The highest BCUT2D eigenvalue weighted by atomic mass is 15.3. The second-order valence-electron chi connectivity index (χ2n) is 4.33. The summed E-state index contributed by atoms with van der Waals surface area (Å²) in [5.74, 6) is 0.565. The summed E-state index contributed by atoms with van der Waals surface area (Å²) in [6.45, 7) is 8.00. The fourth-order valence-electron chi connectivity index (χ4n) is 2.24. The zero-order valence-corrected chi connectivity index (χ0v) is 9.61. The lowest BCUT2D eigenvalue weighted by Crippen LogP contribution is -2.44. The van der Waals surface area contributed by atoms with E-state index in [-0.39, 0.29) is 0 Å². The second-order valence-corrected chi connectivity index (χ2v) is 4.33. The lowest BCUT2D eigenvalue weighted by atomic mass is 10.1. The molecule has 0 radical (unpaired) electrons. The van der Waals surface area contributed by atoms with E-state index in [9.17, 15) is 0 Å². The molecule has 4 nitrogen and oxygen atoms in total. The maximum atomic E-state index is 4.22. The van der Waals surface area contributed by atoms with Gasteiger partial charge in [-0.15, -0.1) is 0 Å². The molecule has 0 amide bonds. The molecule has 1 aliphatic heterocycles. The first-order valence-electron chi connectivity index (χ1n) is 5.68. The molecule has 1 saturated heterocycles. The van der Waals surface area contributed by atoms with Crippen molar-refractivity contribution in [3.8, 4) is 0 Å². The molecule has 1 fully saturated rings. The normalized spacial score (nSPS) is 20.4. The molecule has 15 heavy (non-hydrogen) atoms. The third-order valence-corrected chi connectivity index (χ3v) is 3.11. The van der Waals surface area contributed by atoms with Crippen molar-refractivity contribution in [1.82, 2.24) is 20.0 Å². The van der Waals surface area contributed by atoms with Crippen molar-refractivity contribution in [3.63, 3.8) is 0 Å². The van der Waals surface area contributed by atoms with E-state index in [4.69, 9.17) is 0 Å². The van der Waals surface area contributed by atoms with Crippen molar-refractivity contribution < 1.29 is 0 Å². The lowest BCUT2D eigenvalue weighted by molar-refractivity contribution is 0.228. The molecule has 4 heteroatoms. The fourth-order valence-corrected chi connectivity index (χ4v) is 2.24. The van der Waals surface area contributed by atoms with Gasteiger partial charge in [0.2, 0.25) is 0 Å². The van der Waals surface area contributed by atoms with Gasteiger partial charge in [-0.3, -0.25) is 4.68 Å². The van der Waals surface area contributed by atoms with E-state index in [2.05, 4.69) is 28.3 Å². The van der Waals surface area contributed by atoms with E-state index >= 15 is 0 Å². The van der Waals surface area contributed by atoms with Crippen LogP contribution < -0.4 is 5.32 Å². The van der Waals surface area contributed by atoms with Crippen LogP contribution in [-0.4, -0.2) is 47.4 Å². The molecule has 1 unspecified atom stereocenters. The number of aromatic nitrogens is 2. The Morgan fingerprint density at radius 1 is 1.47 bits per heavy atom. The minimum atomic E-state index is 0.565. The SMILES string of the molecule is CC(CN1CCNCC1)c1ccnn1C. The van der Waals surface area contributed by atoms with E-state index in [0.29, 0.717) is 5.92 Å². The van der Waals surface area contributed by atoms with Gasteiger partial charge in [0.1, 0.15) is 0 Å². The standard InChI is InChI=1S/C11H20N4/c1-10(11-3-4-13-14(11)2)9-15-7-5-12-6-8-15/h3-4,10,12H,5-9H2,1-2H3. The van der Waals surface area contributed by atoms with E-state index < -0.39 is 0 Å². The molecule has 1 atom stereocenters. The van der Waals surface area contributed by atoms with Crippen LogP contribution in [0.15, 0.2) is 12.3 Å². The first-order chi connectivity index (χ1) is 7.27. The van der Waals surface area contributed by atoms with Crippen molar-refractivity contribution in [3.05, 3.63) is 18.0 Å². The quantitative estimate of drug-likeness (QED) is 0.782. The molecule has 1 aromatic rings. The molecule has 1 N–H and O–H groups in total. The number of nitrogens with zero attached hydrogens (tertiary/aromatic N) is 3. The Labute approximate surface area is 91.3 Å². The van der Waals surface area contributed by atoms with E-state index in [1.54, 1.807) is 0 Å². The van der Waals surface area contributed by atoms with Crippen molar-refractivity contribution in [2.24, 2.45) is 7.05 Å². The van der Waals surface area contributed by atoms with Gasteiger partial charge in [-0.25, -0.2) is 0 Å². The average molecular weight is 208 g/mol. The predicted molar refractivity (Wildman–Crippen MR) is 60.9 cm³/mol. The van der Waals surface area contributed by atoms with Crippen LogP contribution in [0, 0.1) is 0 Å². The van der Waals surface area contributed by atoms with Gasteiger partial charge in [-0.1, -0.05) is 6.92 Å². The number of piperazine rings is 1. The second kappa shape index (κ2) is 4.77. The van der Waals surface area contributed by atoms with E-state index in [1.807, 2.05) is 17.9 Å². The van der Waals surface area contributed by atoms with Crippen LogP contribution in [0.2, 0.25) is 0 Å². The smallest absolute Gasteiger partial charge is 0.0492 e. The Bertz CT molecular complexity index is 301. The van der Waals surface area contributed by atoms with Gasteiger partial charge in [-0.2, -0.15) is 5.10 Å². The Balaban J connectivity index is 1.91. The van der Waals surface area contributed by atoms with Crippen LogP contribution >= 0.6 is 0 Å². The first kappa shape index (κ1) is 10.6. The van der Waals surface area contributed by atoms with Crippen molar-refractivity contribution >= 4 is 0 Å². The molecule has 1 aromatic heterocycles. The average Bonchev–Trinajstić information content (AvgIpc) is 2.66. The van der Waals surface area contributed by atoms with Crippen molar-refractivity contribution in [2.45, 2.75) is 12.8 Å². The van der Waals surface area contributed by atoms with E-state index in [1.165, 1.54) is 18.8 Å². The maximum absolute atomic E-state index is 4.22. The van der Waals surface area contributed by atoms with Crippen LogP contribution in [0.1, 0.15) is 18.5 Å². The lowest BCUT2D eigenvalue weighted by Gasteiger charge is -2.29. The number of nitrogens with one attached hydrogen (secondary N) is 1. The number of aryl methyl sites for hydroxylation is 1. The summed E-state index contributed by atoms with van der Waals surface area (Å²) in [5.41, 5.74) is 1.33. The summed E-state index contributed by atoms with van der Waals surface area (Å²) in [4.78, 5) is 2.52. The molecule has 0 spiro atoms. The van der Waals surface area contributed by atoms with Crippen LogP contribution in [-0.2, 0) is 7.05 Å². The third-order valence-electron chi connectivity index (χ3n) is 3.11. The molecule has 2 rings (SSSR count). The number of hydrogen-bond donors (Lipinski definition) is 1. The van der Waals surface area contributed by atoms with Crippen molar-refractivity contribution in [2.75, 3.05) is 32.7 Å². The number of hydrogen-bond acceptors (Lipinski definition) is 3. The highest BCUT2D eigenvalue weighted by Gasteiger charge is 2.15. The summed E-state index contributed by atoms with van der Waals surface area (Å²) in [5, 5.41) is 7.59. The zero-order chi connectivity index (χ0) is 10.7. The molecular weight excluding hydrogens is 188 g/mol. The summed E-state index contributed by atoms with van der Waals surface area (Å²) in [6.07, 6.45) is 1.88. The molecule has 1 aliphatic rings. The molecule has 0 bridgehead atoms. The van der Waals surface area contributed by atoms with E-state index in [0.717, 1.165) is 19.6 Å². The minimum Gasteiger partial charge on any atom is -0.314 e. The largest absolute Gasteiger partial charge is 0.314 e. The van der Waals surface area contributed by atoms with Gasteiger partial charge in [0, 0.05) is 57.6 Å². The molecule has 84 valence electrons. The Morgan fingerprint density at radius 2 is 2.20 bits per heavy atom. The van der Waals surface area contributed by atoms with Crippen molar-refractivity contribution in [1.29, 1.82) is 0 Å². The van der Waals surface area contributed by atoms with Gasteiger partial charge in [0.15, 0.2) is 0 Å². The molecule has 2 heterocycles. The zero-order valence-electron chi connectivity index (χ0n) is 9.61. The van der Waals surface area contributed by atoms with Gasteiger partial charge in [-0.05, 0) is 6.07 Å². The van der Waals surface area contributed by atoms with Crippen LogP contribution in [0.4, 0.5) is 0 Å². The minimum absolute atomic E-state index is 0.565. The highest BCUT2D eigenvalue weighted by molar-refractivity contribution is 5.07. The maximum Gasteiger partial charge on any atom is 0.0492 e. The summed E-state index contributed by atoms with van der Waals surface area (Å²) in [6, 6.07) is 2.12. The van der Waals surface area contributed by atoms with Crippen LogP contribution in [0.25, 0.3) is 0 Å². The summed E-state index contributed by atoms with van der Waals surface area (Å²) >= 11 is 0. The molecular formula is C11H20N4. The first-order valence-corrected chi connectivity index (χ1v) is 5.68. The van der Waals surface area contributed by atoms with Crippen LogP contribution in [0.3, 0.4) is 0 Å². The fraction of sp³-hybridized carbons (Fsp3) is 0.727. The monoisotopic (exact) mass is 208 g/mol. The van der Waals surface area contributed by atoms with Crippen LogP contribution in [0.5, 0.6) is 0 Å². The third kappa shape index (κ3) is 2.58. The molecule has 0 saturated carbocycles. The van der Waals surface area contributed by atoms with Gasteiger partial charge >= 0.3 is 0 Å². The van der Waals surface area contributed by atoms with Gasteiger partial charge in [0.25, 0.3) is 0 Å². The summed E-state index contributed by atoms with van der Waals surface area (Å²) < 4.78 is 1.98.